The van der Waals surface area contributed by atoms with E-state index in [9.17, 15) is 0 Å². The molecule has 0 aromatic heterocycles. The first kappa shape index (κ1) is 29.7. The molecular weight excluding hydrogens is 583 g/mol. The molecule has 2 aromatic rings. The maximum absolute atomic E-state index is 2.71. The summed E-state index contributed by atoms with van der Waals surface area (Å²) in [6.45, 7) is 15.0. The fourth-order valence-corrected chi connectivity index (χ4v) is 31.0. The standard InChI is InChI=1S/C12H11Si.2C8H13Si.2ClH.Zr/c1-3-7-11(8-4-1)13-12-9-5-2-6-10-12;2*1-9(2,3)8-6-4-5-7-8;;;/h1-10,13H;2*6-7H,4H2,1-3H3;2*1H;. The summed E-state index contributed by atoms with van der Waals surface area (Å²) in [5, 5.41) is 6.68. The Balaban J connectivity index is 0.00000204. The largest absolute Gasteiger partial charge is 0.147 e. The van der Waals surface area contributed by atoms with Crippen molar-refractivity contribution in [1.29, 1.82) is 0 Å². The average molecular weight is 622 g/mol. The van der Waals surface area contributed by atoms with Crippen LogP contribution in [-0.4, -0.2) is 22.1 Å². The van der Waals surface area contributed by atoms with Crippen LogP contribution in [0.3, 0.4) is 0 Å². The molecule has 0 radical (unpaired) electrons. The van der Waals surface area contributed by atoms with E-state index in [-0.39, 0.29) is 24.8 Å². The molecule has 34 heavy (non-hydrogen) atoms. The summed E-state index contributed by atoms with van der Waals surface area (Å²) >= 11 is -2.11. The third kappa shape index (κ3) is 6.84. The first-order valence-corrected chi connectivity index (χ1v) is 27.4. The summed E-state index contributed by atoms with van der Waals surface area (Å²) in [6, 6.07) is 23.2. The van der Waals surface area contributed by atoms with Gasteiger partial charge in [0.15, 0.2) is 0 Å². The van der Waals surface area contributed by atoms with Crippen molar-refractivity contribution in [1.82, 2.24) is 0 Å². The Morgan fingerprint density at radius 3 is 1.24 bits per heavy atom. The van der Waals surface area contributed by atoms with Crippen molar-refractivity contribution in [3.63, 3.8) is 0 Å². The van der Waals surface area contributed by atoms with Crippen molar-refractivity contribution in [2.45, 2.75) is 52.1 Å². The van der Waals surface area contributed by atoms with Crippen molar-refractivity contribution >= 4 is 57.3 Å². The second-order valence-electron chi connectivity index (χ2n) is 11.2. The molecule has 0 aliphatic heterocycles. The van der Waals surface area contributed by atoms with Gasteiger partial charge in [-0.2, -0.15) is 0 Å². The summed E-state index contributed by atoms with van der Waals surface area (Å²) in [4.78, 5) is 0. The summed E-state index contributed by atoms with van der Waals surface area (Å²) in [6.07, 6.45) is 13.1. The van der Waals surface area contributed by atoms with Gasteiger partial charge < -0.3 is 0 Å². The number of hydrogen-bond donors (Lipinski definition) is 0. The first-order valence-electron chi connectivity index (χ1n) is 11.9. The number of benzene rings is 2. The minimum Gasteiger partial charge on any atom is -0.147 e. The van der Waals surface area contributed by atoms with Gasteiger partial charge in [-0.25, -0.2) is 0 Å². The Labute approximate surface area is 230 Å². The molecule has 0 amide bonds. The van der Waals surface area contributed by atoms with Crippen LogP contribution in [0.25, 0.3) is 0 Å². The van der Waals surface area contributed by atoms with Gasteiger partial charge in [0.25, 0.3) is 0 Å². The number of rotatable bonds is 7. The number of allylic oxidation sites excluding steroid dienone is 8. The van der Waals surface area contributed by atoms with Crippen molar-refractivity contribution in [3.8, 4) is 0 Å². The zero-order valence-corrected chi connectivity index (χ0v) is 28.6. The minimum absolute atomic E-state index is 0. The molecular formula is C28H39Cl2Si3Zr. The maximum Gasteiger partial charge on any atom is -0.147 e. The molecule has 0 nitrogen and oxygen atoms in total. The Morgan fingerprint density at radius 2 is 0.941 bits per heavy atom. The van der Waals surface area contributed by atoms with Crippen LogP contribution in [0.4, 0.5) is 0 Å². The Morgan fingerprint density at radius 1 is 0.588 bits per heavy atom. The molecule has 2 aliphatic rings. The fraction of sp³-hybridized carbons (Fsp3) is 0.286. The van der Waals surface area contributed by atoms with Gasteiger partial charge in [-0.05, 0) is 0 Å². The molecule has 2 aromatic carbocycles. The normalized spacial score (nSPS) is 15.6. The smallest absolute Gasteiger partial charge is 0.147 e. The van der Waals surface area contributed by atoms with E-state index in [1.165, 1.54) is 12.8 Å². The van der Waals surface area contributed by atoms with E-state index in [4.69, 9.17) is 0 Å². The second kappa shape index (κ2) is 12.2. The van der Waals surface area contributed by atoms with E-state index in [0.717, 1.165) is 0 Å². The molecule has 0 N–H and O–H groups in total. The number of hydrogen-bond acceptors (Lipinski definition) is 0. The van der Waals surface area contributed by atoms with Crippen LogP contribution in [0.2, 0.25) is 39.3 Å². The molecule has 0 fully saturated rings. The summed E-state index contributed by atoms with van der Waals surface area (Å²) in [5.74, 6) is -1.31. The predicted molar refractivity (Wildman–Crippen MR) is 162 cm³/mol. The van der Waals surface area contributed by atoms with Crippen LogP contribution in [0.5, 0.6) is 0 Å². The molecule has 2 aliphatic carbocycles. The molecule has 0 bridgehead atoms. The topological polar surface area (TPSA) is 0 Å². The van der Waals surface area contributed by atoms with Crippen molar-refractivity contribution in [2.24, 2.45) is 0 Å². The van der Waals surface area contributed by atoms with Crippen molar-refractivity contribution < 1.29 is 20.9 Å². The zero-order chi connectivity index (χ0) is 22.9. The van der Waals surface area contributed by atoms with E-state index in [1.54, 1.807) is 20.8 Å². The summed E-state index contributed by atoms with van der Waals surface area (Å²) in [5.41, 5.74) is 0. The molecule has 6 heteroatoms. The van der Waals surface area contributed by atoms with Crippen molar-refractivity contribution in [2.75, 3.05) is 0 Å². The van der Waals surface area contributed by atoms with Crippen LogP contribution in [0.15, 0.2) is 102 Å². The molecule has 0 heterocycles. The zero-order valence-electron chi connectivity index (χ0n) is 21.4. The first-order chi connectivity index (χ1) is 15.1. The van der Waals surface area contributed by atoms with Crippen molar-refractivity contribution in [3.05, 3.63) is 102 Å². The Bertz CT molecular complexity index is 1000. The van der Waals surface area contributed by atoms with Gasteiger partial charge in [0.05, 0.1) is 0 Å². The second-order valence-corrected chi connectivity index (χ2v) is 36.5. The average Bonchev–Trinajstić information content (AvgIpc) is 3.43. The van der Waals surface area contributed by atoms with Crippen LogP contribution in [-0.2, 0) is 20.9 Å². The predicted octanol–water partition coefficient (Wildman–Crippen LogP) is 7.17. The molecule has 4 rings (SSSR count). The van der Waals surface area contributed by atoms with E-state index in [1.807, 2.05) is 6.56 Å². The molecule has 0 saturated heterocycles. The molecule has 0 unspecified atom stereocenters. The van der Waals surface area contributed by atoms with Crippen LogP contribution < -0.4 is 10.4 Å². The van der Waals surface area contributed by atoms with Gasteiger partial charge in [-0.1, -0.05) is 0 Å². The van der Waals surface area contributed by atoms with Gasteiger partial charge in [-0.3, -0.25) is 0 Å². The van der Waals surface area contributed by atoms with Gasteiger partial charge in [0.2, 0.25) is 0 Å². The quantitative estimate of drug-likeness (QED) is 0.288. The van der Waals surface area contributed by atoms with Gasteiger partial charge in [0.1, 0.15) is 0 Å². The minimum atomic E-state index is -2.11. The van der Waals surface area contributed by atoms with Gasteiger partial charge >= 0.3 is 207 Å². The maximum atomic E-state index is 2.71. The monoisotopic (exact) mass is 619 g/mol. The molecule has 0 atom stereocenters. The molecule has 0 saturated carbocycles. The third-order valence-corrected chi connectivity index (χ3v) is 32.2. The SMILES string of the molecule is C[Si](C)(C)C1=CC[C]([Zr]([C]2=CC([Si](C)(C)C)=CC2)[SiH](c2ccccc2)c2ccccc2)=C1.Cl.Cl. The fourth-order valence-electron chi connectivity index (χ4n) is 4.87. The van der Waals surface area contributed by atoms with E-state index < -0.39 is 43.0 Å². The third-order valence-electron chi connectivity index (χ3n) is 6.72. The van der Waals surface area contributed by atoms with Crippen LogP contribution in [0.1, 0.15) is 12.8 Å². The van der Waals surface area contributed by atoms with E-state index in [2.05, 4.69) is 124 Å². The Hall–Kier alpha value is -0.486. The van der Waals surface area contributed by atoms with E-state index >= 15 is 0 Å². The van der Waals surface area contributed by atoms with E-state index in [0.29, 0.717) is 0 Å². The molecule has 0 spiro atoms. The molecule has 181 valence electrons. The van der Waals surface area contributed by atoms with Crippen LogP contribution in [0, 0.1) is 0 Å². The van der Waals surface area contributed by atoms with Gasteiger partial charge in [-0.15, -0.1) is 24.8 Å². The van der Waals surface area contributed by atoms with Gasteiger partial charge in [0, 0.05) is 0 Å². The summed E-state index contributed by atoms with van der Waals surface area (Å²) < 4.78 is 3.73. The summed E-state index contributed by atoms with van der Waals surface area (Å²) in [7, 11) is -2.56. The Kier molecular flexibility index (Phi) is 10.6. The number of halogens is 2. The van der Waals surface area contributed by atoms with Crippen LogP contribution >= 0.6 is 24.8 Å².